The highest BCUT2D eigenvalue weighted by Crippen LogP contribution is 2.08. The number of unbranched alkanes of at least 4 members (excludes halogenated alkanes) is 1. The first-order valence-corrected chi connectivity index (χ1v) is 7.15. The van der Waals surface area contributed by atoms with Gasteiger partial charge in [0.15, 0.2) is 0 Å². The molecule has 1 aromatic carbocycles. The predicted molar refractivity (Wildman–Crippen MR) is 79.3 cm³/mol. The van der Waals surface area contributed by atoms with Gasteiger partial charge in [-0.15, -0.1) is 0 Å². The largest absolute Gasteiger partial charge is 0.467 e. The van der Waals surface area contributed by atoms with Gasteiger partial charge in [-0.05, 0) is 36.1 Å². The van der Waals surface area contributed by atoms with Crippen LogP contribution in [0.4, 0.5) is 0 Å². The first-order valence-electron chi connectivity index (χ1n) is 7.15. The lowest BCUT2D eigenvalue weighted by Gasteiger charge is -2.05. The minimum absolute atomic E-state index is 0.0164. The van der Waals surface area contributed by atoms with Gasteiger partial charge in [0, 0.05) is 0 Å². The van der Waals surface area contributed by atoms with Crippen molar-refractivity contribution in [1.29, 1.82) is 0 Å². The minimum atomic E-state index is 0.0164. The second-order valence-corrected chi connectivity index (χ2v) is 4.95. The van der Waals surface area contributed by atoms with Crippen molar-refractivity contribution >= 4 is 5.91 Å². The molecule has 0 spiro atoms. The standard InChI is InChI=1S/C17H21NO2/c1-2-3-5-14-7-9-15(10-8-14)12-17(19)18-13-16-6-4-11-20-16/h4,6-11H,2-3,5,12-13H2,1H3,(H,18,19). The monoisotopic (exact) mass is 271 g/mol. The highest BCUT2D eigenvalue weighted by molar-refractivity contribution is 5.78. The van der Waals surface area contributed by atoms with Crippen LogP contribution in [-0.2, 0) is 24.2 Å². The SMILES string of the molecule is CCCCc1ccc(CC(=O)NCc2ccco2)cc1. The molecule has 2 aromatic rings. The fourth-order valence-corrected chi connectivity index (χ4v) is 2.05. The third kappa shape index (κ3) is 4.57. The molecule has 1 aromatic heterocycles. The van der Waals surface area contributed by atoms with Gasteiger partial charge in [0.25, 0.3) is 0 Å². The Kier molecular flexibility index (Phi) is 5.42. The summed E-state index contributed by atoms with van der Waals surface area (Å²) in [6.45, 7) is 2.64. The average Bonchev–Trinajstić information content (AvgIpc) is 2.98. The van der Waals surface area contributed by atoms with E-state index in [0.717, 1.165) is 17.7 Å². The summed E-state index contributed by atoms with van der Waals surface area (Å²) in [6, 6.07) is 12.0. The van der Waals surface area contributed by atoms with E-state index in [1.54, 1.807) is 6.26 Å². The van der Waals surface area contributed by atoms with Crippen LogP contribution in [0.2, 0.25) is 0 Å². The molecule has 2 rings (SSSR count). The number of carbonyl (C=O) groups is 1. The van der Waals surface area contributed by atoms with E-state index >= 15 is 0 Å². The molecule has 1 amide bonds. The fourth-order valence-electron chi connectivity index (χ4n) is 2.05. The maximum absolute atomic E-state index is 11.8. The van der Waals surface area contributed by atoms with Crippen molar-refractivity contribution in [2.45, 2.75) is 39.2 Å². The Morgan fingerprint density at radius 3 is 2.55 bits per heavy atom. The summed E-state index contributed by atoms with van der Waals surface area (Å²) < 4.78 is 5.17. The summed E-state index contributed by atoms with van der Waals surface area (Å²) in [4.78, 5) is 11.8. The van der Waals surface area contributed by atoms with Crippen molar-refractivity contribution in [3.63, 3.8) is 0 Å². The molecule has 0 saturated carbocycles. The smallest absolute Gasteiger partial charge is 0.224 e. The Hall–Kier alpha value is -2.03. The molecule has 0 bridgehead atoms. The highest BCUT2D eigenvalue weighted by Gasteiger charge is 2.04. The first kappa shape index (κ1) is 14.4. The van der Waals surface area contributed by atoms with Crippen molar-refractivity contribution in [1.82, 2.24) is 5.32 Å². The van der Waals surface area contributed by atoms with Crippen LogP contribution < -0.4 is 5.32 Å². The van der Waals surface area contributed by atoms with E-state index in [4.69, 9.17) is 4.42 Å². The number of nitrogens with one attached hydrogen (secondary N) is 1. The number of rotatable bonds is 7. The zero-order valence-electron chi connectivity index (χ0n) is 11.9. The molecule has 0 aliphatic rings. The number of amides is 1. The Labute approximate surface area is 120 Å². The second kappa shape index (κ2) is 7.53. The quantitative estimate of drug-likeness (QED) is 0.837. The maximum atomic E-state index is 11.8. The number of hydrogen-bond donors (Lipinski definition) is 1. The van der Waals surface area contributed by atoms with Crippen molar-refractivity contribution in [2.24, 2.45) is 0 Å². The summed E-state index contributed by atoms with van der Waals surface area (Å²) in [6.07, 6.45) is 5.55. The van der Waals surface area contributed by atoms with E-state index in [1.165, 1.54) is 18.4 Å². The Morgan fingerprint density at radius 1 is 1.15 bits per heavy atom. The molecule has 1 heterocycles. The Balaban J connectivity index is 1.78. The van der Waals surface area contributed by atoms with E-state index in [2.05, 4.69) is 24.4 Å². The van der Waals surface area contributed by atoms with E-state index in [1.807, 2.05) is 24.3 Å². The molecule has 0 atom stereocenters. The summed E-state index contributed by atoms with van der Waals surface area (Å²) >= 11 is 0. The molecular weight excluding hydrogens is 250 g/mol. The highest BCUT2D eigenvalue weighted by atomic mass is 16.3. The molecule has 0 aliphatic carbocycles. The lowest BCUT2D eigenvalue weighted by molar-refractivity contribution is -0.120. The summed E-state index contributed by atoms with van der Waals surface area (Å²) in [5.74, 6) is 0.788. The zero-order valence-corrected chi connectivity index (χ0v) is 11.9. The third-order valence-electron chi connectivity index (χ3n) is 3.25. The van der Waals surface area contributed by atoms with Crippen molar-refractivity contribution in [2.75, 3.05) is 0 Å². The number of furan rings is 1. The number of aryl methyl sites for hydroxylation is 1. The van der Waals surface area contributed by atoms with Crippen LogP contribution in [-0.4, -0.2) is 5.91 Å². The predicted octanol–water partition coefficient (Wildman–Crippen LogP) is 3.48. The third-order valence-corrected chi connectivity index (χ3v) is 3.25. The van der Waals surface area contributed by atoms with Crippen molar-refractivity contribution in [3.05, 3.63) is 59.5 Å². The molecule has 0 radical (unpaired) electrons. The summed E-state index contributed by atoms with van der Waals surface area (Å²) in [5, 5.41) is 2.85. The van der Waals surface area contributed by atoms with Gasteiger partial charge in [-0.1, -0.05) is 37.6 Å². The molecule has 0 aliphatic heterocycles. The van der Waals surface area contributed by atoms with Gasteiger partial charge in [-0.2, -0.15) is 0 Å². The minimum Gasteiger partial charge on any atom is -0.467 e. The van der Waals surface area contributed by atoms with Crippen LogP contribution >= 0.6 is 0 Å². The van der Waals surface area contributed by atoms with Crippen molar-refractivity contribution in [3.8, 4) is 0 Å². The second-order valence-electron chi connectivity index (χ2n) is 4.95. The molecule has 3 heteroatoms. The lowest BCUT2D eigenvalue weighted by Crippen LogP contribution is -2.24. The first-order chi connectivity index (χ1) is 9.78. The van der Waals surface area contributed by atoms with Crippen LogP contribution in [0.15, 0.2) is 47.1 Å². The van der Waals surface area contributed by atoms with Gasteiger partial charge in [0.2, 0.25) is 5.91 Å². The van der Waals surface area contributed by atoms with Gasteiger partial charge >= 0.3 is 0 Å². The van der Waals surface area contributed by atoms with Gasteiger partial charge in [-0.3, -0.25) is 4.79 Å². The van der Waals surface area contributed by atoms with Crippen LogP contribution in [0, 0.1) is 0 Å². The lowest BCUT2D eigenvalue weighted by atomic mass is 10.0. The number of benzene rings is 1. The van der Waals surface area contributed by atoms with Crippen LogP contribution in [0.1, 0.15) is 36.7 Å². The van der Waals surface area contributed by atoms with Gasteiger partial charge in [0.1, 0.15) is 5.76 Å². The van der Waals surface area contributed by atoms with E-state index in [-0.39, 0.29) is 5.91 Å². The van der Waals surface area contributed by atoms with Crippen LogP contribution in [0.5, 0.6) is 0 Å². The molecule has 0 unspecified atom stereocenters. The molecule has 1 N–H and O–H groups in total. The molecule has 0 fully saturated rings. The molecule has 106 valence electrons. The number of hydrogen-bond acceptors (Lipinski definition) is 2. The van der Waals surface area contributed by atoms with E-state index < -0.39 is 0 Å². The Bertz CT molecular complexity index is 514. The van der Waals surface area contributed by atoms with Gasteiger partial charge in [-0.25, -0.2) is 0 Å². The summed E-state index contributed by atoms with van der Waals surface area (Å²) in [5.41, 5.74) is 2.38. The van der Waals surface area contributed by atoms with E-state index in [0.29, 0.717) is 13.0 Å². The topological polar surface area (TPSA) is 42.2 Å². The zero-order chi connectivity index (χ0) is 14.2. The maximum Gasteiger partial charge on any atom is 0.224 e. The normalized spacial score (nSPS) is 10.4. The van der Waals surface area contributed by atoms with Gasteiger partial charge < -0.3 is 9.73 Å². The fraction of sp³-hybridized carbons (Fsp3) is 0.353. The van der Waals surface area contributed by atoms with Crippen LogP contribution in [0.25, 0.3) is 0 Å². The van der Waals surface area contributed by atoms with Gasteiger partial charge in [0.05, 0.1) is 19.2 Å². The number of carbonyl (C=O) groups excluding carboxylic acids is 1. The van der Waals surface area contributed by atoms with E-state index in [9.17, 15) is 4.79 Å². The average molecular weight is 271 g/mol. The molecule has 0 saturated heterocycles. The Morgan fingerprint density at radius 2 is 1.90 bits per heavy atom. The summed E-state index contributed by atoms with van der Waals surface area (Å²) in [7, 11) is 0. The van der Waals surface area contributed by atoms with Crippen molar-refractivity contribution < 1.29 is 9.21 Å². The molecule has 3 nitrogen and oxygen atoms in total. The molecular formula is C17H21NO2. The molecule has 20 heavy (non-hydrogen) atoms. The van der Waals surface area contributed by atoms with Crippen LogP contribution in [0.3, 0.4) is 0 Å².